The van der Waals surface area contributed by atoms with E-state index >= 15 is 0 Å². The number of rotatable bonds is 11. The first-order valence-electron chi connectivity index (χ1n) is 14.2. The van der Waals surface area contributed by atoms with Crippen LogP contribution < -0.4 is 16.0 Å². The number of unbranched alkanes of at least 4 members (excludes halogenated alkanes) is 1. The van der Waals surface area contributed by atoms with Gasteiger partial charge in [0, 0.05) is 36.3 Å². The van der Waals surface area contributed by atoms with E-state index in [1.807, 2.05) is 36.4 Å². The number of carbonyl (C=O) groups is 5. The van der Waals surface area contributed by atoms with Gasteiger partial charge in [-0.25, -0.2) is 9.59 Å². The number of piperidine rings is 1. The summed E-state index contributed by atoms with van der Waals surface area (Å²) in [4.78, 5) is 63.8. The van der Waals surface area contributed by atoms with E-state index in [9.17, 15) is 24.0 Å². The molecule has 2 atom stereocenters. The van der Waals surface area contributed by atoms with Gasteiger partial charge in [-0.3, -0.25) is 19.7 Å². The maximum Gasteiger partial charge on any atom is 0.408 e. The summed E-state index contributed by atoms with van der Waals surface area (Å²) >= 11 is 0. The molecule has 0 radical (unpaired) electrons. The number of ether oxygens (including phenoxy) is 2. The zero-order chi connectivity index (χ0) is 30.3. The molecule has 1 fully saturated rings. The molecule has 3 N–H and O–H groups in total. The van der Waals surface area contributed by atoms with Crippen LogP contribution in [0, 0.1) is 0 Å². The topological polar surface area (TPSA) is 143 Å². The first kappa shape index (κ1) is 30.5. The number of nitrogens with zero attached hydrogens (tertiary/aromatic N) is 1. The lowest BCUT2D eigenvalue weighted by molar-refractivity contribution is -0.147. The molecule has 0 saturated carbocycles. The van der Waals surface area contributed by atoms with E-state index < -0.39 is 35.7 Å². The van der Waals surface area contributed by atoms with E-state index in [1.54, 1.807) is 32.9 Å². The van der Waals surface area contributed by atoms with Gasteiger partial charge in [-0.2, -0.15) is 0 Å². The highest BCUT2D eigenvalue weighted by molar-refractivity contribution is 6.06. The largest absolute Gasteiger partial charge is 0.459 e. The molecule has 0 bridgehead atoms. The molecule has 224 valence electrons. The molecule has 42 heavy (non-hydrogen) atoms. The Hall–Kier alpha value is -4.41. The molecule has 2 aliphatic heterocycles. The van der Waals surface area contributed by atoms with Gasteiger partial charge in [-0.05, 0) is 64.2 Å². The molecule has 1 unspecified atom stereocenters. The fourth-order valence-electron chi connectivity index (χ4n) is 4.98. The summed E-state index contributed by atoms with van der Waals surface area (Å²) in [6.45, 7) is 6.18. The average Bonchev–Trinajstić information content (AvgIpc) is 3.27. The van der Waals surface area contributed by atoms with Gasteiger partial charge in [0.2, 0.25) is 11.8 Å². The molecule has 2 aliphatic rings. The van der Waals surface area contributed by atoms with Crippen molar-refractivity contribution in [2.24, 2.45) is 0 Å². The molecule has 11 heteroatoms. The third-order valence-corrected chi connectivity index (χ3v) is 7.02. The number of carbonyl (C=O) groups excluding carboxylic acids is 5. The molecule has 2 aromatic rings. The molecule has 4 amide bonds. The number of imide groups is 1. The summed E-state index contributed by atoms with van der Waals surface area (Å²) in [5, 5.41) is 8.33. The van der Waals surface area contributed by atoms with Crippen LogP contribution in [0.15, 0.2) is 48.5 Å². The van der Waals surface area contributed by atoms with Crippen LogP contribution in [0.2, 0.25) is 0 Å². The lowest BCUT2D eigenvalue weighted by Crippen LogP contribution is -2.52. The van der Waals surface area contributed by atoms with Crippen molar-refractivity contribution in [3.05, 3.63) is 65.2 Å². The molecular weight excluding hydrogens is 540 g/mol. The zero-order valence-corrected chi connectivity index (χ0v) is 24.2. The lowest BCUT2D eigenvalue weighted by atomic mass is 10.0. The van der Waals surface area contributed by atoms with Gasteiger partial charge in [0.05, 0.1) is 0 Å². The average molecular weight is 579 g/mol. The Morgan fingerprint density at radius 3 is 2.52 bits per heavy atom. The first-order chi connectivity index (χ1) is 20.0. The van der Waals surface area contributed by atoms with Crippen LogP contribution in [-0.2, 0) is 37.0 Å². The molecular formula is C31H38N4O7. The van der Waals surface area contributed by atoms with E-state index in [-0.39, 0.29) is 31.4 Å². The summed E-state index contributed by atoms with van der Waals surface area (Å²) in [5.74, 6) is -1.53. The van der Waals surface area contributed by atoms with Gasteiger partial charge >= 0.3 is 12.1 Å². The maximum absolute atomic E-state index is 13.1. The Bertz CT molecular complexity index is 1320. The van der Waals surface area contributed by atoms with Gasteiger partial charge < -0.3 is 25.0 Å². The minimum atomic E-state index is -0.871. The Morgan fingerprint density at radius 1 is 1.05 bits per heavy atom. The minimum Gasteiger partial charge on any atom is -0.459 e. The predicted molar refractivity (Wildman–Crippen MR) is 154 cm³/mol. The molecule has 4 rings (SSSR count). The molecule has 0 aliphatic carbocycles. The Kier molecular flexibility index (Phi) is 9.82. The van der Waals surface area contributed by atoms with Crippen LogP contribution in [0.5, 0.6) is 0 Å². The number of hydrogen-bond acceptors (Lipinski definition) is 8. The van der Waals surface area contributed by atoms with Crippen LogP contribution in [0.1, 0.15) is 74.4 Å². The number of fused-ring (bicyclic) bond motifs is 1. The Labute approximate surface area is 245 Å². The standard InChI is InChI=1S/C31H38N4O7/c1-31(2,3)42-30(40)33-24(29(39)41-19-20-10-5-4-6-11-20)13-7-8-17-32-23-14-9-12-21-22(23)18-35(28(21)38)25-15-16-26(36)34-27(25)37/h4-6,9-12,14,24-25,32H,7-8,13,15-19H2,1-3H3,(H,33,40)(H,34,36,37)/t24-,25?/m0/s1. The second kappa shape index (κ2) is 13.5. The summed E-state index contributed by atoms with van der Waals surface area (Å²) < 4.78 is 10.8. The van der Waals surface area contributed by atoms with Crippen molar-refractivity contribution in [2.75, 3.05) is 11.9 Å². The maximum atomic E-state index is 13.1. The number of alkyl carbamates (subject to hydrolysis) is 1. The lowest BCUT2D eigenvalue weighted by Gasteiger charge is -2.29. The third kappa shape index (κ3) is 8.08. The fourth-order valence-corrected chi connectivity index (χ4v) is 4.98. The second-order valence-corrected chi connectivity index (χ2v) is 11.4. The molecule has 0 aromatic heterocycles. The van der Waals surface area contributed by atoms with Crippen molar-refractivity contribution in [1.82, 2.24) is 15.5 Å². The van der Waals surface area contributed by atoms with Gasteiger partial charge in [-0.1, -0.05) is 36.4 Å². The van der Waals surface area contributed by atoms with E-state index in [2.05, 4.69) is 16.0 Å². The van der Waals surface area contributed by atoms with Gasteiger partial charge in [0.15, 0.2) is 0 Å². The summed E-state index contributed by atoms with van der Waals surface area (Å²) in [6, 6.07) is 13.2. The minimum absolute atomic E-state index is 0.0986. The van der Waals surface area contributed by atoms with Crippen molar-refractivity contribution in [2.45, 2.75) is 83.7 Å². The van der Waals surface area contributed by atoms with E-state index in [0.717, 1.165) is 16.8 Å². The highest BCUT2D eigenvalue weighted by atomic mass is 16.6. The number of amides is 4. The summed E-state index contributed by atoms with van der Waals surface area (Å²) in [7, 11) is 0. The van der Waals surface area contributed by atoms with Crippen molar-refractivity contribution >= 4 is 35.5 Å². The summed E-state index contributed by atoms with van der Waals surface area (Å²) in [6.07, 6.45) is 1.44. The fraction of sp³-hybridized carbons (Fsp3) is 0.452. The molecule has 11 nitrogen and oxygen atoms in total. The highest BCUT2D eigenvalue weighted by Crippen LogP contribution is 2.32. The van der Waals surface area contributed by atoms with Crippen molar-refractivity contribution in [3.8, 4) is 0 Å². The van der Waals surface area contributed by atoms with Crippen molar-refractivity contribution < 1.29 is 33.4 Å². The third-order valence-electron chi connectivity index (χ3n) is 7.02. The van der Waals surface area contributed by atoms with Crippen LogP contribution >= 0.6 is 0 Å². The van der Waals surface area contributed by atoms with Crippen molar-refractivity contribution in [3.63, 3.8) is 0 Å². The quantitative estimate of drug-likeness (QED) is 0.208. The second-order valence-electron chi connectivity index (χ2n) is 11.4. The monoisotopic (exact) mass is 578 g/mol. The molecule has 2 aromatic carbocycles. The van der Waals surface area contributed by atoms with E-state index in [0.29, 0.717) is 37.8 Å². The number of nitrogens with one attached hydrogen (secondary N) is 3. The van der Waals surface area contributed by atoms with Gasteiger partial charge in [0.1, 0.15) is 24.3 Å². The van der Waals surface area contributed by atoms with Crippen LogP contribution in [0.3, 0.4) is 0 Å². The number of anilines is 1. The van der Waals surface area contributed by atoms with Crippen LogP contribution in [0.4, 0.5) is 10.5 Å². The molecule has 2 heterocycles. The van der Waals surface area contributed by atoms with Crippen LogP contribution in [0.25, 0.3) is 0 Å². The first-order valence-corrected chi connectivity index (χ1v) is 14.2. The molecule has 1 saturated heterocycles. The number of esters is 1. The van der Waals surface area contributed by atoms with Gasteiger partial charge in [0.25, 0.3) is 5.91 Å². The van der Waals surface area contributed by atoms with Crippen LogP contribution in [-0.4, -0.2) is 58.9 Å². The number of benzene rings is 2. The normalized spacial score (nSPS) is 17.3. The number of hydrogen-bond donors (Lipinski definition) is 3. The zero-order valence-electron chi connectivity index (χ0n) is 24.2. The van der Waals surface area contributed by atoms with Crippen molar-refractivity contribution in [1.29, 1.82) is 0 Å². The smallest absolute Gasteiger partial charge is 0.408 e. The SMILES string of the molecule is CC(C)(C)OC(=O)N[C@@H](CCCCNc1cccc2c1CN(C1CCC(=O)NC1=O)C2=O)C(=O)OCc1ccccc1. The van der Waals surface area contributed by atoms with E-state index in [4.69, 9.17) is 9.47 Å². The van der Waals surface area contributed by atoms with Gasteiger partial charge in [-0.15, -0.1) is 0 Å². The molecule has 0 spiro atoms. The van der Waals surface area contributed by atoms with E-state index in [1.165, 1.54) is 4.90 Å². The summed E-state index contributed by atoms with van der Waals surface area (Å²) in [5.41, 5.74) is 2.27. The highest BCUT2D eigenvalue weighted by Gasteiger charge is 2.39. The predicted octanol–water partition coefficient (Wildman–Crippen LogP) is 3.67. The Morgan fingerprint density at radius 2 is 1.81 bits per heavy atom. The Balaban J connectivity index is 1.30.